The minimum atomic E-state index is -0.367. The van der Waals surface area contributed by atoms with Crippen molar-refractivity contribution in [3.8, 4) is 5.75 Å². The molecule has 3 heteroatoms. The van der Waals surface area contributed by atoms with Crippen molar-refractivity contribution in [3.63, 3.8) is 0 Å². The molecule has 1 aliphatic heterocycles. The van der Waals surface area contributed by atoms with Crippen LogP contribution in [0.5, 0.6) is 5.75 Å². The first-order valence-corrected chi connectivity index (χ1v) is 6.68. The zero-order valence-corrected chi connectivity index (χ0v) is 11.2. The molecular weight excluding hydrogens is 255 g/mol. The lowest BCUT2D eigenvalue weighted by atomic mass is 9.86. The average Bonchev–Trinajstić information content (AvgIpc) is 2.45. The normalized spacial score (nSPS) is 17.2. The standard InChI is InChI=1S/C17H15FO2/c1-11-8-12(10-13(18)9-11)17(19)15-6-7-20-16-5-3-2-4-14(15)16/h2-5,8-10,15H,6-7H2,1H3. The third-order valence-electron chi connectivity index (χ3n) is 3.60. The van der Waals surface area contributed by atoms with E-state index >= 15 is 0 Å². The molecule has 20 heavy (non-hydrogen) atoms. The van der Waals surface area contributed by atoms with E-state index in [9.17, 15) is 9.18 Å². The van der Waals surface area contributed by atoms with Crippen LogP contribution < -0.4 is 4.74 Å². The number of benzene rings is 2. The van der Waals surface area contributed by atoms with Gasteiger partial charge in [-0.3, -0.25) is 4.79 Å². The van der Waals surface area contributed by atoms with Crippen LogP contribution in [0.1, 0.15) is 33.8 Å². The Kier molecular flexibility index (Phi) is 3.26. The van der Waals surface area contributed by atoms with Crippen LogP contribution in [0.15, 0.2) is 42.5 Å². The molecule has 2 aromatic rings. The SMILES string of the molecule is Cc1cc(F)cc(C(=O)C2CCOc3ccccc32)c1. The lowest BCUT2D eigenvalue weighted by Gasteiger charge is -2.25. The number of ether oxygens (including phenoxy) is 1. The number of hydrogen-bond donors (Lipinski definition) is 0. The minimum absolute atomic E-state index is 0.0386. The summed E-state index contributed by atoms with van der Waals surface area (Å²) < 4.78 is 19.0. The number of Topliss-reactive ketones (excluding diaryl/α,β-unsaturated/α-hetero) is 1. The zero-order chi connectivity index (χ0) is 14.1. The summed E-state index contributed by atoms with van der Waals surface area (Å²) in [6.45, 7) is 2.31. The van der Waals surface area contributed by atoms with E-state index in [-0.39, 0.29) is 17.5 Å². The smallest absolute Gasteiger partial charge is 0.170 e. The van der Waals surface area contributed by atoms with Gasteiger partial charge >= 0.3 is 0 Å². The summed E-state index contributed by atoms with van der Waals surface area (Å²) >= 11 is 0. The molecule has 0 aromatic heterocycles. The number of fused-ring (bicyclic) bond motifs is 1. The molecule has 0 spiro atoms. The molecule has 0 fully saturated rings. The second-order valence-electron chi connectivity index (χ2n) is 5.11. The lowest BCUT2D eigenvalue weighted by molar-refractivity contribution is 0.0932. The van der Waals surface area contributed by atoms with E-state index in [1.807, 2.05) is 24.3 Å². The first-order valence-electron chi connectivity index (χ1n) is 6.68. The Labute approximate surface area is 117 Å². The molecule has 1 heterocycles. The van der Waals surface area contributed by atoms with Gasteiger partial charge in [0, 0.05) is 11.1 Å². The molecule has 0 saturated carbocycles. The number of aryl methyl sites for hydroxylation is 1. The lowest BCUT2D eigenvalue weighted by Crippen LogP contribution is -2.21. The first kappa shape index (κ1) is 12.9. The van der Waals surface area contributed by atoms with E-state index < -0.39 is 0 Å². The van der Waals surface area contributed by atoms with Gasteiger partial charge in [0.2, 0.25) is 0 Å². The van der Waals surface area contributed by atoms with E-state index in [4.69, 9.17) is 4.74 Å². The molecule has 2 nitrogen and oxygen atoms in total. The molecule has 0 saturated heterocycles. The molecule has 2 aromatic carbocycles. The predicted molar refractivity (Wildman–Crippen MR) is 74.8 cm³/mol. The van der Waals surface area contributed by atoms with Gasteiger partial charge in [0.25, 0.3) is 0 Å². The van der Waals surface area contributed by atoms with Gasteiger partial charge in [-0.05, 0) is 43.2 Å². The van der Waals surface area contributed by atoms with Crippen molar-refractivity contribution in [2.45, 2.75) is 19.3 Å². The third kappa shape index (κ3) is 2.31. The number of carbonyl (C=O) groups excluding carboxylic acids is 1. The fourth-order valence-electron chi connectivity index (χ4n) is 2.69. The van der Waals surface area contributed by atoms with Gasteiger partial charge in [-0.2, -0.15) is 0 Å². The molecule has 3 rings (SSSR count). The Morgan fingerprint density at radius 3 is 2.85 bits per heavy atom. The second kappa shape index (κ2) is 5.08. The maximum absolute atomic E-state index is 13.5. The molecule has 102 valence electrons. The molecule has 0 amide bonds. The van der Waals surface area contributed by atoms with E-state index in [1.54, 1.807) is 13.0 Å². The van der Waals surface area contributed by atoms with Crippen molar-refractivity contribution >= 4 is 5.78 Å². The molecule has 0 bridgehead atoms. The minimum Gasteiger partial charge on any atom is -0.493 e. The van der Waals surface area contributed by atoms with Gasteiger partial charge in [0.1, 0.15) is 11.6 Å². The van der Waals surface area contributed by atoms with Crippen LogP contribution in [-0.2, 0) is 0 Å². The van der Waals surface area contributed by atoms with E-state index in [0.717, 1.165) is 16.9 Å². The topological polar surface area (TPSA) is 26.3 Å². The molecule has 0 N–H and O–H groups in total. The summed E-state index contributed by atoms with van der Waals surface area (Å²) in [7, 11) is 0. The van der Waals surface area contributed by atoms with Crippen molar-refractivity contribution in [1.82, 2.24) is 0 Å². The summed E-state index contributed by atoms with van der Waals surface area (Å²) in [5.74, 6) is 0.100. The monoisotopic (exact) mass is 270 g/mol. The highest BCUT2D eigenvalue weighted by molar-refractivity contribution is 6.01. The number of halogens is 1. The molecular formula is C17H15FO2. The summed E-state index contributed by atoms with van der Waals surface area (Å²) in [5.41, 5.74) is 2.09. The van der Waals surface area contributed by atoms with Gasteiger partial charge in [-0.25, -0.2) is 4.39 Å². The Morgan fingerprint density at radius 1 is 1.25 bits per heavy atom. The first-order chi connectivity index (χ1) is 9.65. The van der Waals surface area contributed by atoms with Gasteiger partial charge in [-0.15, -0.1) is 0 Å². The quantitative estimate of drug-likeness (QED) is 0.774. The number of hydrogen-bond acceptors (Lipinski definition) is 2. The van der Waals surface area contributed by atoms with Crippen LogP contribution >= 0.6 is 0 Å². The average molecular weight is 270 g/mol. The van der Waals surface area contributed by atoms with E-state index in [0.29, 0.717) is 18.6 Å². The fourth-order valence-corrected chi connectivity index (χ4v) is 2.69. The van der Waals surface area contributed by atoms with Crippen LogP contribution in [0.4, 0.5) is 4.39 Å². The van der Waals surface area contributed by atoms with Crippen LogP contribution in [0.2, 0.25) is 0 Å². The highest BCUT2D eigenvalue weighted by Crippen LogP contribution is 2.35. The summed E-state index contributed by atoms with van der Waals surface area (Å²) in [6.07, 6.45) is 0.630. The van der Waals surface area contributed by atoms with Crippen LogP contribution in [-0.4, -0.2) is 12.4 Å². The Morgan fingerprint density at radius 2 is 2.05 bits per heavy atom. The number of rotatable bonds is 2. The Hall–Kier alpha value is -2.16. The maximum Gasteiger partial charge on any atom is 0.170 e. The van der Waals surface area contributed by atoms with Gasteiger partial charge < -0.3 is 4.74 Å². The number of ketones is 1. The van der Waals surface area contributed by atoms with Crippen LogP contribution in [0, 0.1) is 12.7 Å². The molecule has 0 radical (unpaired) electrons. The largest absolute Gasteiger partial charge is 0.493 e. The highest BCUT2D eigenvalue weighted by Gasteiger charge is 2.28. The van der Waals surface area contributed by atoms with Crippen molar-refractivity contribution in [1.29, 1.82) is 0 Å². The Balaban J connectivity index is 1.99. The molecule has 1 unspecified atom stereocenters. The number of carbonyl (C=O) groups is 1. The van der Waals surface area contributed by atoms with Gasteiger partial charge in [0.15, 0.2) is 5.78 Å². The maximum atomic E-state index is 13.5. The zero-order valence-electron chi connectivity index (χ0n) is 11.2. The molecule has 1 aliphatic rings. The summed E-state index contributed by atoms with van der Waals surface area (Å²) in [5, 5.41) is 0. The predicted octanol–water partition coefficient (Wildman–Crippen LogP) is 3.88. The summed E-state index contributed by atoms with van der Waals surface area (Å²) in [6, 6.07) is 12.0. The highest BCUT2D eigenvalue weighted by atomic mass is 19.1. The van der Waals surface area contributed by atoms with E-state index in [1.165, 1.54) is 12.1 Å². The molecule has 1 atom stereocenters. The molecule has 0 aliphatic carbocycles. The van der Waals surface area contributed by atoms with Crippen molar-refractivity contribution in [2.75, 3.05) is 6.61 Å². The third-order valence-corrected chi connectivity index (χ3v) is 3.60. The fraction of sp³-hybridized carbons (Fsp3) is 0.235. The van der Waals surface area contributed by atoms with Gasteiger partial charge in [-0.1, -0.05) is 18.2 Å². The van der Waals surface area contributed by atoms with Crippen LogP contribution in [0.25, 0.3) is 0 Å². The van der Waals surface area contributed by atoms with Gasteiger partial charge in [0.05, 0.1) is 12.5 Å². The summed E-state index contributed by atoms with van der Waals surface area (Å²) in [4.78, 5) is 12.6. The van der Waals surface area contributed by atoms with Crippen molar-refractivity contribution in [3.05, 3.63) is 65.0 Å². The van der Waals surface area contributed by atoms with Crippen molar-refractivity contribution < 1.29 is 13.9 Å². The Bertz CT molecular complexity index is 644. The second-order valence-corrected chi connectivity index (χ2v) is 5.11. The van der Waals surface area contributed by atoms with E-state index in [2.05, 4.69) is 0 Å². The van der Waals surface area contributed by atoms with Crippen molar-refractivity contribution in [2.24, 2.45) is 0 Å². The van der Waals surface area contributed by atoms with Crippen LogP contribution in [0.3, 0.4) is 0 Å². The number of para-hydroxylation sites is 1.